The second-order valence-electron chi connectivity index (χ2n) is 8.09. The molecule has 5 heteroatoms. The number of benzene rings is 1. The summed E-state index contributed by atoms with van der Waals surface area (Å²) in [5, 5.41) is 11.1. The van der Waals surface area contributed by atoms with E-state index in [4.69, 9.17) is 9.97 Å². The number of aromatic nitrogens is 3. The molecule has 0 radical (unpaired) electrons. The van der Waals surface area contributed by atoms with Gasteiger partial charge in [-0.1, -0.05) is 20.8 Å². The van der Waals surface area contributed by atoms with Gasteiger partial charge in [-0.25, -0.2) is 9.97 Å². The van der Waals surface area contributed by atoms with Crippen molar-refractivity contribution in [2.75, 3.05) is 0 Å². The van der Waals surface area contributed by atoms with Gasteiger partial charge in [-0.3, -0.25) is 9.78 Å². The fraction of sp³-hybridized carbons (Fsp3) is 0.400. The number of aliphatic carboxylic acids is 1. The van der Waals surface area contributed by atoms with E-state index in [1.165, 1.54) is 0 Å². The molecule has 1 fully saturated rings. The van der Waals surface area contributed by atoms with Gasteiger partial charge in [0.15, 0.2) is 0 Å². The minimum absolute atomic E-state index is 0.285. The second-order valence-corrected chi connectivity index (χ2v) is 8.09. The quantitative estimate of drug-likeness (QED) is 0.689. The zero-order valence-electron chi connectivity index (χ0n) is 14.5. The molecule has 0 amide bonds. The lowest BCUT2D eigenvalue weighted by molar-refractivity contribution is -0.148. The van der Waals surface area contributed by atoms with Crippen molar-refractivity contribution >= 4 is 27.9 Å². The molecule has 3 aromatic rings. The minimum Gasteiger partial charge on any atom is -0.481 e. The van der Waals surface area contributed by atoms with Gasteiger partial charge in [-0.2, -0.15) is 0 Å². The number of carboxylic acid groups (broad SMARTS) is 1. The van der Waals surface area contributed by atoms with Crippen LogP contribution in [0.4, 0.5) is 0 Å². The Balaban J connectivity index is 1.95. The number of hydrogen-bond acceptors (Lipinski definition) is 4. The van der Waals surface area contributed by atoms with Crippen LogP contribution in [0.25, 0.3) is 21.9 Å². The van der Waals surface area contributed by atoms with Crippen molar-refractivity contribution in [2.45, 2.75) is 44.4 Å². The topological polar surface area (TPSA) is 76.0 Å². The first-order valence-corrected chi connectivity index (χ1v) is 8.63. The first kappa shape index (κ1) is 14.8. The third-order valence-corrected chi connectivity index (χ3v) is 7.15. The number of nitrogens with zero attached hydrogens (tertiary/aromatic N) is 3. The molecule has 2 atom stereocenters. The molecule has 126 valence electrons. The lowest BCUT2D eigenvalue weighted by Crippen LogP contribution is -2.45. The Morgan fingerprint density at radius 2 is 1.80 bits per heavy atom. The molecule has 2 heterocycles. The third kappa shape index (κ3) is 1.39. The molecule has 0 saturated heterocycles. The van der Waals surface area contributed by atoms with Gasteiger partial charge in [0, 0.05) is 17.0 Å². The maximum absolute atomic E-state index is 12.4. The molecule has 2 aromatic heterocycles. The van der Waals surface area contributed by atoms with Crippen LogP contribution in [0, 0.1) is 5.41 Å². The molecule has 5 nitrogen and oxygen atoms in total. The highest BCUT2D eigenvalue weighted by molar-refractivity contribution is 6.02. The van der Waals surface area contributed by atoms with E-state index in [1.54, 1.807) is 6.20 Å². The monoisotopic (exact) mass is 333 g/mol. The average Bonchev–Trinajstić information content (AvgIpc) is 2.89. The Morgan fingerprint density at radius 3 is 2.56 bits per heavy atom. The number of rotatable bonds is 1. The van der Waals surface area contributed by atoms with E-state index in [1.807, 2.05) is 24.3 Å². The molecular weight excluding hydrogens is 314 g/mol. The molecular formula is C20H19N3O2. The van der Waals surface area contributed by atoms with Crippen molar-refractivity contribution in [2.24, 2.45) is 5.41 Å². The van der Waals surface area contributed by atoms with Gasteiger partial charge in [-0.05, 0) is 42.5 Å². The van der Waals surface area contributed by atoms with Gasteiger partial charge in [-0.15, -0.1) is 0 Å². The summed E-state index contributed by atoms with van der Waals surface area (Å²) in [7, 11) is 0. The summed E-state index contributed by atoms with van der Waals surface area (Å²) in [6.07, 6.45) is 3.21. The van der Waals surface area contributed by atoms with Gasteiger partial charge in [0.1, 0.15) is 5.41 Å². The summed E-state index contributed by atoms with van der Waals surface area (Å²) >= 11 is 0. The Hall–Kier alpha value is -2.56. The van der Waals surface area contributed by atoms with Crippen LogP contribution in [0.5, 0.6) is 0 Å². The predicted molar refractivity (Wildman–Crippen MR) is 94.5 cm³/mol. The molecule has 2 aliphatic rings. The number of pyridine rings is 1. The van der Waals surface area contributed by atoms with Crippen molar-refractivity contribution in [3.63, 3.8) is 0 Å². The van der Waals surface area contributed by atoms with Crippen LogP contribution in [0.15, 0.2) is 30.5 Å². The average molecular weight is 333 g/mol. The van der Waals surface area contributed by atoms with Crippen LogP contribution in [0.3, 0.4) is 0 Å². The maximum atomic E-state index is 12.4. The number of carbonyl (C=O) groups is 1. The van der Waals surface area contributed by atoms with Crippen molar-refractivity contribution in [3.05, 3.63) is 41.9 Å². The van der Waals surface area contributed by atoms with Crippen molar-refractivity contribution in [1.82, 2.24) is 15.0 Å². The smallest absolute Gasteiger partial charge is 0.316 e. The fourth-order valence-electron chi connectivity index (χ4n) is 5.19. The number of carboxylic acids is 1. The Bertz CT molecular complexity index is 1090. The van der Waals surface area contributed by atoms with Gasteiger partial charge >= 0.3 is 5.97 Å². The molecule has 1 saturated carbocycles. The van der Waals surface area contributed by atoms with E-state index in [9.17, 15) is 9.90 Å². The van der Waals surface area contributed by atoms with E-state index in [0.717, 1.165) is 34.1 Å². The van der Waals surface area contributed by atoms with E-state index < -0.39 is 16.8 Å². The van der Waals surface area contributed by atoms with Crippen molar-refractivity contribution in [3.8, 4) is 0 Å². The predicted octanol–water partition coefficient (Wildman–Crippen LogP) is 3.59. The molecule has 1 N–H and O–H groups in total. The van der Waals surface area contributed by atoms with Gasteiger partial charge in [0.2, 0.25) is 0 Å². The summed E-state index contributed by atoms with van der Waals surface area (Å²) < 4.78 is 0. The standard InChI is InChI=1S/C20H19N3O2/c1-18(2)19(3)8-9-20(18,17(24)25)16-15(19)23-14-11-5-4-10-21-12(11)6-7-13(14)22-16/h4-7,10H,8-9H2,1-3H3,(H,24,25)/t19-,20-/m0/s1. The van der Waals surface area contributed by atoms with Crippen molar-refractivity contribution in [1.29, 1.82) is 0 Å². The van der Waals surface area contributed by atoms with E-state index in [2.05, 4.69) is 25.8 Å². The van der Waals surface area contributed by atoms with Crippen molar-refractivity contribution < 1.29 is 9.90 Å². The Kier molecular flexibility index (Phi) is 2.45. The molecule has 1 aromatic carbocycles. The molecule has 0 unspecified atom stereocenters. The van der Waals surface area contributed by atoms with E-state index in [-0.39, 0.29) is 5.41 Å². The first-order chi connectivity index (χ1) is 11.8. The van der Waals surface area contributed by atoms with Crippen LogP contribution in [0.1, 0.15) is 45.0 Å². The zero-order chi connectivity index (χ0) is 17.6. The molecule has 0 spiro atoms. The van der Waals surface area contributed by atoms with Gasteiger partial charge < -0.3 is 5.11 Å². The lowest BCUT2D eigenvalue weighted by atomic mass is 9.64. The van der Waals surface area contributed by atoms with E-state index in [0.29, 0.717) is 12.1 Å². The Labute approximate surface area is 145 Å². The summed E-state index contributed by atoms with van der Waals surface area (Å²) in [5.41, 5.74) is 2.28. The Morgan fingerprint density at radius 1 is 1.04 bits per heavy atom. The molecule has 25 heavy (non-hydrogen) atoms. The molecule has 5 rings (SSSR count). The molecule has 2 bridgehead atoms. The number of hydrogen-bond donors (Lipinski definition) is 1. The first-order valence-electron chi connectivity index (χ1n) is 8.63. The summed E-state index contributed by atoms with van der Waals surface area (Å²) in [6.45, 7) is 6.26. The minimum atomic E-state index is -0.956. The molecule has 0 aliphatic heterocycles. The lowest BCUT2D eigenvalue weighted by Gasteiger charge is -2.37. The summed E-state index contributed by atoms with van der Waals surface area (Å²) in [4.78, 5) is 26.6. The van der Waals surface area contributed by atoms with Gasteiger partial charge in [0.05, 0.1) is 27.9 Å². The SMILES string of the molecule is CC1(C)[C@@]2(C)CC[C@@]1(C(=O)O)c1nc3ccc4ncccc4c3nc12. The zero-order valence-corrected chi connectivity index (χ0v) is 14.5. The fourth-order valence-corrected chi connectivity index (χ4v) is 5.19. The van der Waals surface area contributed by atoms with Crippen LogP contribution in [0.2, 0.25) is 0 Å². The summed E-state index contributed by atoms with van der Waals surface area (Å²) in [5.74, 6) is -0.781. The van der Waals surface area contributed by atoms with E-state index >= 15 is 0 Å². The third-order valence-electron chi connectivity index (χ3n) is 7.15. The highest BCUT2D eigenvalue weighted by atomic mass is 16.4. The van der Waals surface area contributed by atoms with Crippen LogP contribution in [-0.2, 0) is 15.6 Å². The highest BCUT2D eigenvalue weighted by Gasteiger charge is 2.73. The van der Waals surface area contributed by atoms with Crippen LogP contribution in [-0.4, -0.2) is 26.0 Å². The largest absolute Gasteiger partial charge is 0.481 e. The maximum Gasteiger partial charge on any atom is 0.316 e. The van der Waals surface area contributed by atoms with Crippen LogP contribution >= 0.6 is 0 Å². The number of fused-ring (bicyclic) bond motifs is 8. The summed E-state index contributed by atoms with van der Waals surface area (Å²) in [6, 6.07) is 7.72. The normalized spacial score (nSPS) is 29.2. The van der Waals surface area contributed by atoms with Gasteiger partial charge in [0.25, 0.3) is 0 Å². The molecule has 2 aliphatic carbocycles. The highest BCUT2D eigenvalue weighted by Crippen LogP contribution is 2.70. The second kappa shape index (κ2) is 4.15. The van der Waals surface area contributed by atoms with Crippen LogP contribution < -0.4 is 0 Å².